The number of carbonyl (C=O) groups is 1. The molecular formula is C19H19F6N5O3. The predicted octanol–water partition coefficient (Wildman–Crippen LogP) is 3.09. The van der Waals surface area contributed by atoms with Gasteiger partial charge in [-0.05, 0) is 18.6 Å². The van der Waals surface area contributed by atoms with E-state index in [4.69, 9.17) is 4.74 Å². The second-order valence-electron chi connectivity index (χ2n) is 7.37. The molecule has 180 valence electrons. The number of pyridine rings is 1. The van der Waals surface area contributed by atoms with Gasteiger partial charge in [0.05, 0.1) is 12.2 Å². The third-order valence-electron chi connectivity index (χ3n) is 4.99. The Bertz CT molecular complexity index is 1040. The predicted molar refractivity (Wildman–Crippen MR) is 103 cm³/mol. The van der Waals surface area contributed by atoms with Gasteiger partial charge in [0.25, 0.3) is 5.56 Å². The number of halogens is 6. The number of nitrogens with zero attached hydrogens (tertiary/aromatic N) is 4. The molecule has 3 rings (SSSR count). The standard InChI is InChI=1S/C19H19F6N5O3/c1-11-10-29(3-4-30(11)16-27-8-13(9-28-16)18(20,21)22)17(32)33-5-2-12-6-14(19(23,24)25)15(31)26-7-12/h6-9,11H,2-5,10H2,1H3,(H,26,31). The number of ether oxygens (including phenoxy) is 1. The van der Waals surface area contributed by atoms with Crippen molar-refractivity contribution in [3.63, 3.8) is 0 Å². The number of nitrogens with one attached hydrogen (secondary N) is 1. The van der Waals surface area contributed by atoms with Crippen LogP contribution in [0.2, 0.25) is 0 Å². The lowest BCUT2D eigenvalue weighted by Gasteiger charge is -2.39. The van der Waals surface area contributed by atoms with E-state index in [2.05, 4.69) is 9.97 Å². The van der Waals surface area contributed by atoms with Crippen molar-refractivity contribution in [1.82, 2.24) is 19.9 Å². The van der Waals surface area contributed by atoms with E-state index in [0.29, 0.717) is 18.5 Å². The number of amides is 1. The molecule has 2 aromatic rings. The third-order valence-corrected chi connectivity index (χ3v) is 4.99. The molecular weight excluding hydrogens is 460 g/mol. The molecule has 0 aromatic carbocycles. The van der Waals surface area contributed by atoms with Gasteiger partial charge in [-0.2, -0.15) is 26.3 Å². The van der Waals surface area contributed by atoms with Crippen LogP contribution in [0.5, 0.6) is 0 Å². The van der Waals surface area contributed by atoms with Crippen LogP contribution in [0.4, 0.5) is 37.1 Å². The van der Waals surface area contributed by atoms with Crippen LogP contribution in [0.1, 0.15) is 23.6 Å². The summed E-state index contributed by atoms with van der Waals surface area (Å²) in [6, 6.07) is 0.383. The Balaban J connectivity index is 1.52. The molecule has 1 amide bonds. The molecule has 0 spiro atoms. The van der Waals surface area contributed by atoms with Crippen molar-refractivity contribution in [3.8, 4) is 0 Å². The Kier molecular flexibility index (Phi) is 6.84. The van der Waals surface area contributed by atoms with E-state index in [9.17, 15) is 35.9 Å². The lowest BCUT2D eigenvalue weighted by atomic mass is 10.1. The number of anilines is 1. The largest absolute Gasteiger partial charge is 0.449 e. The zero-order valence-corrected chi connectivity index (χ0v) is 17.2. The van der Waals surface area contributed by atoms with E-state index in [1.165, 1.54) is 4.90 Å². The first-order valence-corrected chi connectivity index (χ1v) is 9.72. The van der Waals surface area contributed by atoms with E-state index in [1.807, 2.05) is 4.98 Å². The zero-order valence-electron chi connectivity index (χ0n) is 17.2. The molecule has 1 fully saturated rings. The molecule has 1 aliphatic heterocycles. The van der Waals surface area contributed by atoms with E-state index in [0.717, 1.165) is 6.20 Å². The maximum atomic E-state index is 12.8. The number of aromatic amines is 1. The summed E-state index contributed by atoms with van der Waals surface area (Å²) in [5, 5.41) is 0. The minimum Gasteiger partial charge on any atom is -0.449 e. The fourth-order valence-electron chi connectivity index (χ4n) is 3.27. The van der Waals surface area contributed by atoms with Crippen LogP contribution >= 0.6 is 0 Å². The molecule has 14 heteroatoms. The Hall–Kier alpha value is -3.32. The van der Waals surface area contributed by atoms with E-state index in [-0.39, 0.29) is 50.2 Å². The molecule has 0 bridgehead atoms. The summed E-state index contributed by atoms with van der Waals surface area (Å²) in [5.74, 6) is 0.0991. The van der Waals surface area contributed by atoms with Crippen LogP contribution in [0.15, 0.2) is 29.5 Å². The average molecular weight is 479 g/mol. The lowest BCUT2D eigenvalue weighted by Crippen LogP contribution is -2.54. The summed E-state index contributed by atoms with van der Waals surface area (Å²) in [4.78, 5) is 36.2. The normalized spacial score (nSPS) is 17.2. The molecule has 8 nitrogen and oxygen atoms in total. The fourth-order valence-corrected chi connectivity index (χ4v) is 3.27. The summed E-state index contributed by atoms with van der Waals surface area (Å²) in [6.07, 6.45) is -7.57. The smallest absolute Gasteiger partial charge is 0.421 e. The van der Waals surface area contributed by atoms with Crippen LogP contribution in [0, 0.1) is 0 Å². The van der Waals surface area contributed by atoms with Crippen LogP contribution < -0.4 is 10.5 Å². The second kappa shape index (κ2) is 9.27. The SMILES string of the molecule is CC1CN(C(=O)OCCc2c[nH]c(=O)c(C(F)(F)F)c2)CCN1c1ncc(C(F)(F)F)cn1. The fraction of sp³-hybridized carbons (Fsp3) is 0.474. The highest BCUT2D eigenvalue weighted by Crippen LogP contribution is 2.29. The number of aromatic nitrogens is 3. The number of alkyl halides is 6. The number of H-pyrrole nitrogens is 1. The van der Waals surface area contributed by atoms with Crippen LogP contribution in [0.3, 0.4) is 0 Å². The maximum absolute atomic E-state index is 12.8. The minimum atomic E-state index is -4.80. The number of hydrogen-bond acceptors (Lipinski definition) is 6. The average Bonchev–Trinajstić information content (AvgIpc) is 2.73. The van der Waals surface area contributed by atoms with Gasteiger partial charge >= 0.3 is 18.4 Å². The van der Waals surface area contributed by atoms with E-state index in [1.54, 1.807) is 11.8 Å². The summed E-state index contributed by atoms with van der Waals surface area (Å²) >= 11 is 0. The molecule has 0 saturated carbocycles. The molecule has 1 N–H and O–H groups in total. The van der Waals surface area contributed by atoms with Crippen molar-refractivity contribution < 1.29 is 35.9 Å². The van der Waals surface area contributed by atoms with Gasteiger partial charge in [-0.1, -0.05) is 0 Å². The van der Waals surface area contributed by atoms with Gasteiger partial charge < -0.3 is 19.5 Å². The van der Waals surface area contributed by atoms with E-state index >= 15 is 0 Å². The number of carbonyl (C=O) groups excluding carboxylic acids is 1. The van der Waals surface area contributed by atoms with Gasteiger partial charge in [-0.3, -0.25) is 4.79 Å². The summed E-state index contributed by atoms with van der Waals surface area (Å²) < 4.78 is 81.5. The maximum Gasteiger partial charge on any atom is 0.421 e. The van der Waals surface area contributed by atoms with Gasteiger partial charge in [0, 0.05) is 50.7 Å². The van der Waals surface area contributed by atoms with E-state index < -0.39 is 35.1 Å². The van der Waals surface area contributed by atoms with Gasteiger partial charge in [0.1, 0.15) is 5.56 Å². The summed E-state index contributed by atoms with van der Waals surface area (Å²) in [7, 11) is 0. The van der Waals surface area contributed by atoms with Crippen molar-refractivity contribution in [2.24, 2.45) is 0 Å². The topological polar surface area (TPSA) is 91.4 Å². The summed E-state index contributed by atoms with van der Waals surface area (Å²) in [5.41, 5.74) is -3.41. The number of rotatable bonds is 4. The second-order valence-corrected chi connectivity index (χ2v) is 7.37. The quantitative estimate of drug-likeness (QED) is 0.678. The highest BCUT2D eigenvalue weighted by atomic mass is 19.4. The molecule has 1 aliphatic rings. The third kappa shape index (κ3) is 5.93. The molecule has 0 aliphatic carbocycles. The molecule has 0 radical (unpaired) electrons. The molecule has 1 unspecified atom stereocenters. The van der Waals surface area contributed by atoms with Gasteiger partial charge in [-0.15, -0.1) is 0 Å². The van der Waals surface area contributed by atoms with Crippen LogP contribution in [-0.2, 0) is 23.5 Å². The first-order chi connectivity index (χ1) is 15.4. The number of piperazine rings is 1. The highest BCUT2D eigenvalue weighted by molar-refractivity contribution is 5.68. The van der Waals surface area contributed by atoms with Crippen molar-refractivity contribution in [1.29, 1.82) is 0 Å². The monoisotopic (exact) mass is 479 g/mol. The minimum absolute atomic E-state index is 0.0412. The van der Waals surface area contributed by atoms with Crippen LogP contribution in [-0.4, -0.2) is 58.2 Å². The van der Waals surface area contributed by atoms with Gasteiger partial charge in [-0.25, -0.2) is 14.8 Å². The molecule has 2 aromatic heterocycles. The summed E-state index contributed by atoms with van der Waals surface area (Å²) in [6.45, 7) is 2.14. The van der Waals surface area contributed by atoms with Crippen molar-refractivity contribution in [3.05, 3.63) is 51.7 Å². The lowest BCUT2D eigenvalue weighted by molar-refractivity contribution is -0.139. The van der Waals surface area contributed by atoms with Gasteiger partial charge in [0.15, 0.2) is 0 Å². The zero-order chi connectivity index (χ0) is 24.4. The molecule has 1 atom stereocenters. The number of hydrogen-bond donors (Lipinski definition) is 1. The molecule has 3 heterocycles. The molecule has 33 heavy (non-hydrogen) atoms. The Labute approximate surface area is 183 Å². The van der Waals surface area contributed by atoms with Crippen LogP contribution in [0.25, 0.3) is 0 Å². The van der Waals surface area contributed by atoms with Crippen molar-refractivity contribution in [2.75, 3.05) is 31.1 Å². The Morgan fingerprint density at radius 2 is 1.82 bits per heavy atom. The van der Waals surface area contributed by atoms with Gasteiger partial charge in [0.2, 0.25) is 5.95 Å². The highest BCUT2D eigenvalue weighted by Gasteiger charge is 2.35. The van der Waals surface area contributed by atoms with Crippen molar-refractivity contribution in [2.45, 2.75) is 31.7 Å². The van der Waals surface area contributed by atoms with Crippen molar-refractivity contribution >= 4 is 12.0 Å². The Morgan fingerprint density at radius 3 is 2.39 bits per heavy atom. The first-order valence-electron chi connectivity index (χ1n) is 9.72. The Morgan fingerprint density at radius 1 is 1.15 bits per heavy atom. The molecule has 1 saturated heterocycles. The first kappa shape index (κ1) is 24.3.